The average Bonchev–Trinajstić information content (AvgIpc) is 2.60. The van der Waals surface area contributed by atoms with Gasteiger partial charge < -0.3 is 15.0 Å². The summed E-state index contributed by atoms with van der Waals surface area (Å²) in [4.78, 5) is 14.2. The molecule has 0 unspecified atom stereocenters. The summed E-state index contributed by atoms with van der Waals surface area (Å²) in [5, 5.41) is 11.4. The number of carbonyl (C=O) groups excluding carboxylic acids is 1. The summed E-state index contributed by atoms with van der Waals surface area (Å²) >= 11 is 0. The van der Waals surface area contributed by atoms with Crippen molar-refractivity contribution in [1.29, 1.82) is 5.26 Å². The molecule has 0 atom stereocenters. The highest BCUT2D eigenvalue weighted by atomic mass is 16.5. The number of fused-ring (bicyclic) bond motifs is 1. The fourth-order valence-corrected chi connectivity index (χ4v) is 2.65. The molecule has 0 saturated carbocycles. The normalized spacial score (nSPS) is 12.9. The van der Waals surface area contributed by atoms with Crippen molar-refractivity contribution in [3.63, 3.8) is 0 Å². The smallest absolute Gasteiger partial charge is 0.322 e. The fraction of sp³-hybridized carbons (Fsp3) is 0.222. The lowest BCUT2D eigenvalue weighted by Gasteiger charge is -2.29. The van der Waals surface area contributed by atoms with Crippen molar-refractivity contribution in [2.24, 2.45) is 0 Å². The number of rotatable bonds is 3. The molecular weight excluding hydrogens is 290 g/mol. The number of amides is 2. The van der Waals surface area contributed by atoms with Gasteiger partial charge in [0.05, 0.1) is 0 Å². The molecule has 2 amide bonds. The summed E-state index contributed by atoms with van der Waals surface area (Å²) in [6, 6.07) is 17.0. The summed E-state index contributed by atoms with van der Waals surface area (Å²) in [6.45, 7) is 1.31. The average molecular weight is 307 g/mol. The molecular formula is C18H17N3O2. The van der Waals surface area contributed by atoms with E-state index in [0.717, 1.165) is 6.42 Å². The van der Waals surface area contributed by atoms with Crippen LogP contribution in [0.1, 0.15) is 11.1 Å². The molecule has 23 heavy (non-hydrogen) atoms. The molecule has 1 heterocycles. The third kappa shape index (κ3) is 3.61. The van der Waals surface area contributed by atoms with Crippen molar-refractivity contribution in [3.05, 3.63) is 59.7 Å². The topological polar surface area (TPSA) is 65.4 Å². The Hall–Kier alpha value is -3.00. The van der Waals surface area contributed by atoms with Crippen LogP contribution in [0.4, 0.5) is 10.5 Å². The summed E-state index contributed by atoms with van der Waals surface area (Å²) in [6.07, 6.45) is 0.870. The predicted molar refractivity (Wildman–Crippen MR) is 87.1 cm³/mol. The monoisotopic (exact) mass is 307 g/mol. The quantitative estimate of drug-likeness (QED) is 0.947. The first kappa shape index (κ1) is 14.9. The van der Waals surface area contributed by atoms with Gasteiger partial charge in [-0.2, -0.15) is 5.26 Å². The van der Waals surface area contributed by atoms with Gasteiger partial charge in [-0.15, -0.1) is 0 Å². The van der Waals surface area contributed by atoms with Crippen LogP contribution in [0.2, 0.25) is 0 Å². The van der Waals surface area contributed by atoms with Crippen LogP contribution in [0.3, 0.4) is 0 Å². The van der Waals surface area contributed by atoms with Crippen LogP contribution < -0.4 is 10.1 Å². The van der Waals surface area contributed by atoms with Gasteiger partial charge in [0.25, 0.3) is 0 Å². The Morgan fingerprint density at radius 2 is 2.04 bits per heavy atom. The number of ether oxygens (including phenoxy) is 1. The molecule has 1 aliphatic rings. The predicted octanol–water partition coefficient (Wildman–Crippen LogP) is 3.18. The molecule has 5 heteroatoms. The lowest BCUT2D eigenvalue weighted by atomic mass is 10.0. The van der Waals surface area contributed by atoms with Crippen molar-refractivity contribution < 1.29 is 9.53 Å². The number of nitrogens with zero attached hydrogens (tertiary/aromatic N) is 2. The molecule has 0 bridgehead atoms. The highest BCUT2D eigenvalue weighted by Gasteiger charge is 2.20. The lowest BCUT2D eigenvalue weighted by Crippen LogP contribution is -2.38. The van der Waals surface area contributed by atoms with Gasteiger partial charge in [-0.05, 0) is 29.7 Å². The molecule has 0 fully saturated rings. The van der Waals surface area contributed by atoms with E-state index in [9.17, 15) is 4.79 Å². The fourth-order valence-electron chi connectivity index (χ4n) is 2.65. The Labute approximate surface area is 135 Å². The Morgan fingerprint density at radius 1 is 1.22 bits per heavy atom. The Kier molecular flexibility index (Phi) is 4.44. The van der Waals surface area contributed by atoms with Crippen LogP contribution >= 0.6 is 0 Å². The zero-order chi connectivity index (χ0) is 16.1. The minimum absolute atomic E-state index is 0.0136. The molecule has 0 saturated heterocycles. The van der Waals surface area contributed by atoms with E-state index in [-0.39, 0.29) is 12.6 Å². The number of hydrogen-bond acceptors (Lipinski definition) is 3. The SMILES string of the molecule is N#CCOc1cccc(NC(=O)N2CCc3ccccc3C2)c1. The van der Waals surface area contributed by atoms with Crippen LogP contribution in [0, 0.1) is 11.3 Å². The van der Waals surface area contributed by atoms with E-state index in [1.165, 1.54) is 11.1 Å². The highest BCUT2D eigenvalue weighted by molar-refractivity contribution is 5.89. The maximum Gasteiger partial charge on any atom is 0.322 e. The molecule has 0 radical (unpaired) electrons. The van der Waals surface area contributed by atoms with Crippen molar-refractivity contribution in [2.45, 2.75) is 13.0 Å². The van der Waals surface area contributed by atoms with E-state index < -0.39 is 0 Å². The Bertz CT molecular complexity index is 752. The van der Waals surface area contributed by atoms with Crippen LogP contribution in [0.15, 0.2) is 48.5 Å². The van der Waals surface area contributed by atoms with E-state index in [4.69, 9.17) is 10.00 Å². The van der Waals surface area contributed by atoms with Crippen molar-refractivity contribution in [2.75, 3.05) is 18.5 Å². The van der Waals surface area contributed by atoms with E-state index in [1.807, 2.05) is 18.2 Å². The minimum atomic E-state index is -0.128. The van der Waals surface area contributed by atoms with Crippen LogP contribution in [0.25, 0.3) is 0 Å². The van der Waals surface area contributed by atoms with Gasteiger partial charge in [0.2, 0.25) is 0 Å². The summed E-state index contributed by atoms with van der Waals surface area (Å²) in [5.74, 6) is 0.563. The van der Waals surface area contributed by atoms with Gasteiger partial charge >= 0.3 is 6.03 Å². The molecule has 3 rings (SSSR count). The molecule has 0 aliphatic carbocycles. The van der Waals surface area contributed by atoms with Crippen molar-refractivity contribution >= 4 is 11.7 Å². The van der Waals surface area contributed by atoms with Gasteiger partial charge in [-0.3, -0.25) is 0 Å². The largest absolute Gasteiger partial charge is 0.479 e. The molecule has 2 aromatic rings. The standard InChI is InChI=1S/C18H17N3O2/c19-9-11-23-17-7-3-6-16(12-17)20-18(22)21-10-8-14-4-1-2-5-15(14)13-21/h1-7,12H,8,10-11,13H2,(H,20,22). The maximum atomic E-state index is 12.4. The highest BCUT2D eigenvalue weighted by Crippen LogP contribution is 2.21. The van der Waals surface area contributed by atoms with Gasteiger partial charge in [-0.25, -0.2) is 4.79 Å². The molecule has 2 aromatic carbocycles. The second-order valence-electron chi connectivity index (χ2n) is 5.35. The first-order chi connectivity index (χ1) is 11.3. The van der Waals surface area contributed by atoms with E-state index >= 15 is 0 Å². The Morgan fingerprint density at radius 3 is 2.87 bits per heavy atom. The number of urea groups is 1. The van der Waals surface area contributed by atoms with E-state index in [2.05, 4.69) is 17.4 Å². The summed E-state index contributed by atoms with van der Waals surface area (Å²) in [7, 11) is 0. The summed E-state index contributed by atoms with van der Waals surface area (Å²) < 4.78 is 5.24. The van der Waals surface area contributed by atoms with Crippen LogP contribution in [-0.2, 0) is 13.0 Å². The van der Waals surface area contributed by atoms with Gasteiger partial charge in [0, 0.05) is 24.8 Å². The zero-order valence-electron chi connectivity index (χ0n) is 12.7. The number of hydrogen-bond donors (Lipinski definition) is 1. The third-order valence-electron chi connectivity index (χ3n) is 3.81. The summed E-state index contributed by atoms with van der Waals surface area (Å²) in [5.41, 5.74) is 3.16. The maximum absolute atomic E-state index is 12.4. The molecule has 116 valence electrons. The second kappa shape index (κ2) is 6.84. The van der Waals surface area contributed by atoms with E-state index in [0.29, 0.717) is 24.5 Å². The van der Waals surface area contributed by atoms with Crippen LogP contribution in [0.5, 0.6) is 5.75 Å². The van der Waals surface area contributed by atoms with Crippen molar-refractivity contribution in [1.82, 2.24) is 4.90 Å². The first-order valence-corrected chi connectivity index (χ1v) is 7.49. The lowest BCUT2D eigenvalue weighted by molar-refractivity contribution is 0.206. The van der Waals surface area contributed by atoms with Crippen molar-refractivity contribution in [3.8, 4) is 11.8 Å². The van der Waals surface area contributed by atoms with Gasteiger partial charge in [0.15, 0.2) is 6.61 Å². The molecule has 1 N–H and O–H groups in total. The zero-order valence-corrected chi connectivity index (χ0v) is 12.7. The second-order valence-corrected chi connectivity index (χ2v) is 5.35. The minimum Gasteiger partial charge on any atom is -0.479 e. The molecule has 0 spiro atoms. The number of benzene rings is 2. The van der Waals surface area contributed by atoms with E-state index in [1.54, 1.807) is 29.2 Å². The number of nitriles is 1. The van der Waals surface area contributed by atoms with Gasteiger partial charge in [-0.1, -0.05) is 30.3 Å². The molecule has 1 aliphatic heterocycles. The first-order valence-electron chi connectivity index (χ1n) is 7.49. The third-order valence-corrected chi connectivity index (χ3v) is 3.81. The molecule has 0 aromatic heterocycles. The van der Waals surface area contributed by atoms with Crippen LogP contribution in [-0.4, -0.2) is 24.1 Å². The number of nitrogens with one attached hydrogen (secondary N) is 1. The number of anilines is 1. The van der Waals surface area contributed by atoms with Gasteiger partial charge in [0.1, 0.15) is 11.8 Å². The number of carbonyl (C=O) groups is 1. The Balaban J connectivity index is 1.65. The molecule has 5 nitrogen and oxygen atoms in total.